The summed E-state index contributed by atoms with van der Waals surface area (Å²) in [7, 11) is -0.0454. The van der Waals surface area contributed by atoms with Crippen molar-refractivity contribution in [1.29, 1.82) is 0 Å². The van der Waals surface area contributed by atoms with Gasteiger partial charge in [-0.1, -0.05) is 62.4 Å². The zero-order valence-electron chi connectivity index (χ0n) is 22.2. The van der Waals surface area contributed by atoms with Gasteiger partial charge in [0.1, 0.15) is 11.8 Å². The van der Waals surface area contributed by atoms with Gasteiger partial charge in [-0.15, -0.1) is 0 Å². The summed E-state index contributed by atoms with van der Waals surface area (Å²) in [6.45, 7) is 3.99. The second-order valence-corrected chi connectivity index (χ2v) is 11.5. The number of benzene rings is 2. The Hall–Kier alpha value is -3.17. The minimum atomic E-state index is -3.35. The molecule has 37 heavy (non-hydrogen) atoms. The molecule has 8 nitrogen and oxygen atoms in total. The maximum atomic E-state index is 13.4. The van der Waals surface area contributed by atoms with Gasteiger partial charge in [0.15, 0.2) is 9.84 Å². The molecular weight excluding hydrogens is 490 g/mol. The van der Waals surface area contributed by atoms with Crippen molar-refractivity contribution in [3.05, 3.63) is 77.2 Å². The first kappa shape index (κ1) is 30.1. The lowest BCUT2D eigenvalue weighted by Crippen LogP contribution is -2.55. The number of sulfone groups is 1. The highest BCUT2D eigenvalue weighted by molar-refractivity contribution is 7.93. The monoisotopic (exact) mass is 529 g/mol. The number of hydrogen-bond donors (Lipinski definition) is 3. The Morgan fingerprint density at radius 1 is 0.892 bits per heavy atom. The maximum Gasteiger partial charge on any atom is 0.243 e. The van der Waals surface area contributed by atoms with Gasteiger partial charge in [-0.3, -0.25) is 9.59 Å². The van der Waals surface area contributed by atoms with Gasteiger partial charge < -0.3 is 20.7 Å². The Kier molecular flexibility index (Phi) is 11.8. The Balaban J connectivity index is 2.22. The SMILES string of the molecule is CN[C@@H](Cc1ccc(OC)cc1)C(=O)N[C@@H](Cc1ccccc1)C(=O)N[C@H](/C=C/S(C)(=O)=O)CC(C)C. The fourth-order valence-electron chi connectivity index (χ4n) is 3.87. The van der Waals surface area contributed by atoms with Crippen molar-refractivity contribution >= 4 is 21.7 Å². The van der Waals surface area contributed by atoms with Crippen LogP contribution in [0.5, 0.6) is 5.75 Å². The van der Waals surface area contributed by atoms with Crippen molar-refractivity contribution < 1.29 is 22.7 Å². The van der Waals surface area contributed by atoms with Crippen molar-refractivity contribution in [2.45, 2.75) is 51.2 Å². The fraction of sp³-hybridized carbons (Fsp3) is 0.429. The number of carbonyl (C=O) groups is 2. The van der Waals surface area contributed by atoms with Crippen molar-refractivity contribution in [2.75, 3.05) is 20.4 Å². The maximum absolute atomic E-state index is 13.4. The zero-order valence-corrected chi connectivity index (χ0v) is 23.0. The molecular formula is C28H39N3O5S. The van der Waals surface area contributed by atoms with Crippen LogP contribution >= 0.6 is 0 Å². The van der Waals surface area contributed by atoms with Crippen LogP contribution < -0.4 is 20.7 Å². The van der Waals surface area contributed by atoms with Crippen LogP contribution in [-0.2, 0) is 32.3 Å². The quantitative estimate of drug-likeness (QED) is 0.347. The number of amides is 2. The van der Waals surface area contributed by atoms with E-state index < -0.39 is 28.0 Å². The number of rotatable bonds is 14. The van der Waals surface area contributed by atoms with Gasteiger partial charge in [-0.2, -0.15) is 0 Å². The molecule has 0 aliphatic rings. The van der Waals surface area contributed by atoms with Gasteiger partial charge in [0, 0.05) is 24.1 Å². The molecule has 3 N–H and O–H groups in total. The Labute approximate surface area is 220 Å². The molecule has 3 atom stereocenters. The van der Waals surface area contributed by atoms with Gasteiger partial charge >= 0.3 is 0 Å². The second kappa shape index (κ2) is 14.5. The molecule has 2 aromatic rings. The van der Waals surface area contributed by atoms with Crippen LogP contribution in [0.2, 0.25) is 0 Å². The first-order valence-electron chi connectivity index (χ1n) is 12.3. The van der Waals surface area contributed by atoms with Crippen LogP contribution in [0.3, 0.4) is 0 Å². The minimum Gasteiger partial charge on any atom is -0.497 e. The molecule has 0 spiro atoms. The van der Waals surface area contributed by atoms with Gasteiger partial charge in [0.05, 0.1) is 13.2 Å². The van der Waals surface area contributed by atoms with Crippen LogP contribution in [0.25, 0.3) is 0 Å². The summed E-state index contributed by atoms with van der Waals surface area (Å²) in [6.07, 6.45) is 3.88. The van der Waals surface area contributed by atoms with E-state index in [0.29, 0.717) is 19.3 Å². The predicted molar refractivity (Wildman–Crippen MR) is 147 cm³/mol. The zero-order chi connectivity index (χ0) is 27.4. The molecule has 0 bridgehead atoms. The minimum absolute atomic E-state index is 0.217. The van der Waals surface area contributed by atoms with E-state index in [2.05, 4.69) is 16.0 Å². The van der Waals surface area contributed by atoms with Gasteiger partial charge in [-0.25, -0.2) is 8.42 Å². The summed E-state index contributed by atoms with van der Waals surface area (Å²) in [6, 6.07) is 15.0. The summed E-state index contributed by atoms with van der Waals surface area (Å²) >= 11 is 0. The van der Waals surface area contributed by atoms with Gasteiger partial charge in [0.2, 0.25) is 11.8 Å². The number of carbonyl (C=O) groups excluding carboxylic acids is 2. The van der Waals surface area contributed by atoms with Crippen molar-refractivity contribution in [3.8, 4) is 5.75 Å². The Morgan fingerprint density at radius 3 is 2.00 bits per heavy atom. The molecule has 0 heterocycles. The van der Waals surface area contributed by atoms with Crippen LogP contribution in [0.4, 0.5) is 0 Å². The molecule has 0 fully saturated rings. The number of ether oxygens (including phenoxy) is 1. The van der Waals surface area contributed by atoms with E-state index >= 15 is 0 Å². The number of hydrogen-bond acceptors (Lipinski definition) is 6. The predicted octanol–water partition coefficient (Wildman–Crippen LogP) is 2.64. The van der Waals surface area contributed by atoms with E-state index in [9.17, 15) is 18.0 Å². The molecule has 0 saturated carbocycles. The first-order chi connectivity index (χ1) is 17.5. The normalized spacial score (nSPS) is 14.2. The van der Waals surface area contributed by atoms with E-state index in [4.69, 9.17) is 4.74 Å². The summed E-state index contributed by atoms with van der Waals surface area (Å²) in [5.41, 5.74) is 1.84. The molecule has 0 aromatic heterocycles. The fourth-order valence-corrected chi connectivity index (χ4v) is 4.34. The van der Waals surface area contributed by atoms with Crippen molar-refractivity contribution in [3.63, 3.8) is 0 Å². The van der Waals surface area contributed by atoms with Gasteiger partial charge in [0.25, 0.3) is 0 Å². The van der Waals surface area contributed by atoms with E-state index in [1.165, 1.54) is 6.08 Å². The molecule has 0 unspecified atom stereocenters. The average molecular weight is 530 g/mol. The average Bonchev–Trinajstić information content (AvgIpc) is 2.85. The number of methoxy groups -OCH3 is 1. The molecule has 0 aliphatic heterocycles. The summed E-state index contributed by atoms with van der Waals surface area (Å²) in [4.78, 5) is 26.7. The molecule has 202 valence electrons. The van der Waals surface area contributed by atoms with E-state index in [0.717, 1.165) is 28.5 Å². The highest BCUT2D eigenvalue weighted by Crippen LogP contribution is 2.14. The lowest BCUT2D eigenvalue weighted by molar-refractivity contribution is -0.130. The second-order valence-electron chi connectivity index (χ2n) is 9.55. The van der Waals surface area contributed by atoms with Crippen LogP contribution in [0, 0.1) is 5.92 Å². The number of nitrogens with one attached hydrogen (secondary N) is 3. The number of likely N-dealkylation sites (N-methyl/N-ethyl adjacent to an activating group) is 1. The standard InChI is InChI=1S/C28H39N3O5S/c1-20(2)17-23(15-16-37(5,34)35)30-28(33)26(19-21-9-7-6-8-10-21)31-27(32)25(29-3)18-22-11-13-24(36-4)14-12-22/h6-16,20,23,25-26,29H,17-19H2,1-5H3,(H,30,33)(H,31,32)/b16-15+/t23-,25+,26+/m1/s1. The highest BCUT2D eigenvalue weighted by atomic mass is 32.2. The molecule has 0 aliphatic carbocycles. The molecule has 2 aromatic carbocycles. The lowest BCUT2D eigenvalue weighted by atomic mass is 10.0. The van der Waals surface area contributed by atoms with E-state index in [-0.39, 0.29) is 17.7 Å². The van der Waals surface area contributed by atoms with Gasteiger partial charge in [-0.05, 0) is 49.1 Å². The van der Waals surface area contributed by atoms with Crippen LogP contribution in [0.15, 0.2) is 66.1 Å². The van der Waals surface area contributed by atoms with Crippen LogP contribution in [0.1, 0.15) is 31.4 Å². The highest BCUT2D eigenvalue weighted by Gasteiger charge is 2.27. The summed E-state index contributed by atoms with van der Waals surface area (Å²) < 4.78 is 28.5. The Bertz CT molecular complexity index is 1130. The lowest BCUT2D eigenvalue weighted by Gasteiger charge is -2.25. The van der Waals surface area contributed by atoms with Crippen molar-refractivity contribution in [1.82, 2.24) is 16.0 Å². The smallest absolute Gasteiger partial charge is 0.243 e. The molecule has 2 amide bonds. The first-order valence-corrected chi connectivity index (χ1v) is 14.3. The van der Waals surface area contributed by atoms with Crippen LogP contribution in [-0.4, -0.2) is 58.8 Å². The largest absolute Gasteiger partial charge is 0.497 e. The summed E-state index contributed by atoms with van der Waals surface area (Å²) in [5.74, 6) is 0.270. The molecule has 2 rings (SSSR count). The molecule has 0 radical (unpaired) electrons. The van der Waals surface area contributed by atoms with Crippen molar-refractivity contribution in [2.24, 2.45) is 5.92 Å². The Morgan fingerprint density at radius 2 is 1.46 bits per heavy atom. The topological polar surface area (TPSA) is 114 Å². The van der Waals surface area contributed by atoms with E-state index in [1.54, 1.807) is 14.2 Å². The molecule has 9 heteroatoms. The third-order valence-electron chi connectivity index (χ3n) is 5.79. The molecule has 0 saturated heterocycles. The third kappa shape index (κ3) is 11.2. The van der Waals surface area contributed by atoms with E-state index in [1.807, 2.05) is 68.4 Å². The summed E-state index contributed by atoms with van der Waals surface area (Å²) in [5, 5.41) is 9.98. The third-order valence-corrected chi connectivity index (χ3v) is 6.44.